The van der Waals surface area contributed by atoms with Crippen LogP contribution in [0.4, 0.5) is 0 Å². The molecule has 0 aliphatic carbocycles. The van der Waals surface area contributed by atoms with E-state index in [0.717, 1.165) is 22.1 Å². The van der Waals surface area contributed by atoms with Crippen molar-refractivity contribution in [3.63, 3.8) is 0 Å². The molecule has 0 spiro atoms. The molecule has 0 aromatic heterocycles. The van der Waals surface area contributed by atoms with Crippen molar-refractivity contribution < 1.29 is 17.9 Å². The minimum Gasteiger partial charge on any atom is -0.497 e. The fourth-order valence-corrected chi connectivity index (χ4v) is 4.37. The first kappa shape index (κ1) is 19.6. The fraction of sp³-hybridized carbons (Fsp3) is 0.450. The Morgan fingerprint density at radius 3 is 2.44 bits per heavy atom. The van der Waals surface area contributed by atoms with Gasteiger partial charge in [-0.1, -0.05) is 24.3 Å². The van der Waals surface area contributed by atoms with Gasteiger partial charge in [0.25, 0.3) is 0 Å². The molecule has 27 heavy (non-hydrogen) atoms. The highest BCUT2D eigenvalue weighted by Crippen LogP contribution is 2.26. The Hall–Kier alpha value is -2.12. The van der Waals surface area contributed by atoms with Crippen LogP contribution < -0.4 is 4.74 Å². The average molecular weight is 391 g/mol. The van der Waals surface area contributed by atoms with E-state index in [1.165, 1.54) is 10.6 Å². The zero-order valence-corrected chi connectivity index (χ0v) is 16.8. The van der Waals surface area contributed by atoms with Crippen LogP contribution in [-0.2, 0) is 14.8 Å². The molecule has 2 aromatic carbocycles. The summed E-state index contributed by atoms with van der Waals surface area (Å²) in [5.41, 5.74) is 0.960. The van der Waals surface area contributed by atoms with E-state index in [9.17, 15) is 13.2 Å². The molecule has 1 saturated heterocycles. The molecule has 1 amide bonds. The fourth-order valence-electron chi connectivity index (χ4n) is 3.50. The Bertz CT molecular complexity index is 942. The summed E-state index contributed by atoms with van der Waals surface area (Å²) in [7, 11) is -1.57. The van der Waals surface area contributed by atoms with Crippen molar-refractivity contribution >= 4 is 26.7 Å². The van der Waals surface area contributed by atoms with Crippen LogP contribution in [0.5, 0.6) is 5.75 Å². The maximum Gasteiger partial charge on any atom is 0.229 e. The van der Waals surface area contributed by atoms with Crippen LogP contribution in [0.15, 0.2) is 36.4 Å². The van der Waals surface area contributed by atoms with E-state index >= 15 is 0 Å². The van der Waals surface area contributed by atoms with E-state index in [1.807, 2.05) is 43.3 Å². The Morgan fingerprint density at radius 2 is 1.74 bits per heavy atom. The number of methoxy groups -OCH3 is 1. The highest BCUT2D eigenvalue weighted by atomic mass is 32.2. The lowest BCUT2D eigenvalue weighted by atomic mass is 9.96. The lowest BCUT2D eigenvalue weighted by Gasteiger charge is -2.24. The van der Waals surface area contributed by atoms with E-state index in [-0.39, 0.29) is 11.8 Å². The largest absolute Gasteiger partial charge is 0.497 e. The second-order valence-electron chi connectivity index (χ2n) is 7.04. The summed E-state index contributed by atoms with van der Waals surface area (Å²) < 4.78 is 30.2. The van der Waals surface area contributed by atoms with Gasteiger partial charge in [0.1, 0.15) is 5.75 Å². The number of hydrogen-bond donors (Lipinski definition) is 0. The maximum absolute atomic E-state index is 13.0. The van der Waals surface area contributed by atoms with Gasteiger partial charge in [-0.2, -0.15) is 0 Å². The molecule has 146 valence electrons. The van der Waals surface area contributed by atoms with E-state index in [1.54, 1.807) is 12.0 Å². The van der Waals surface area contributed by atoms with Gasteiger partial charge in [0.2, 0.25) is 15.9 Å². The Morgan fingerprint density at radius 1 is 1.04 bits per heavy atom. The van der Waals surface area contributed by atoms with E-state index in [4.69, 9.17) is 4.74 Å². The number of hydrogen-bond acceptors (Lipinski definition) is 4. The van der Waals surface area contributed by atoms with E-state index in [2.05, 4.69) is 0 Å². The Kier molecular flexibility index (Phi) is 5.72. The van der Waals surface area contributed by atoms with Crippen LogP contribution in [0.25, 0.3) is 10.8 Å². The van der Waals surface area contributed by atoms with Gasteiger partial charge in [-0.05, 0) is 41.8 Å². The van der Waals surface area contributed by atoms with Gasteiger partial charge in [0, 0.05) is 26.2 Å². The van der Waals surface area contributed by atoms with Gasteiger partial charge in [0.15, 0.2) is 0 Å². The molecule has 1 fully saturated rings. The number of ether oxygens (including phenoxy) is 1. The van der Waals surface area contributed by atoms with Gasteiger partial charge in [-0.3, -0.25) is 4.79 Å². The van der Waals surface area contributed by atoms with Crippen LogP contribution >= 0.6 is 0 Å². The molecule has 1 atom stereocenters. The molecule has 0 bridgehead atoms. The first-order valence-electron chi connectivity index (χ1n) is 9.11. The van der Waals surface area contributed by atoms with Gasteiger partial charge < -0.3 is 9.64 Å². The van der Waals surface area contributed by atoms with Crippen molar-refractivity contribution in [2.75, 3.05) is 39.5 Å². The minimum absolute atomic E-state index is 0.0400. The van der Waals surface area contributed by atoms with Crippen molar-refractivity contribution in [2.45, 2.75) is 19.3 Å². The number of carbonyl (C=O) groups excluding carboxylic acids is 1. The lowest BCUT2D eigenvalue weighted by molar-refractivity contribution is -0.132. The van der Waals surface area contributed by atoms with Crippen molar-refractivity contribution in [3.8, 4) is 5.75 Å². The monoisotopic (exact) mass is 390 g/mol. The molecule has 1 aliphatic heterocycles. The number of nitrogens with zero attached hydrogens (tertiary/aromatic N) is 2. The zero-order chi connectivity index (χ0) is 19.6. The molecular formula is C20H26N2O4S. The van der Waals surface area contributed by atoms with Crippen molar-refractivity contribution in [3.05, 3.63) is 42.0 Å². The van der Waals surface area contributed by atoms with Crippen LogP contribution in [-0.4, -0.2) is 63.1 Å². The highest BCUT2D eigenvalue weighted by Gasteiger charge is 2.27. The number of fused-ring (bicyclic) bond motifs is 1. The highest BCUT2D eigenvalue weighted by molar-refractivity contribution is 7.88. The molecule has 0 radical (unpaired) electrons. The number of rotatable bonds is 4. The topological polar surface area (TPSA) is 66.9 Å². The summed E-state index contributed by atoms with van der Waals surface area (Å²) in [6.45, 7) is 3.75. The molecule has 1 heterocycles. The standard InChI is InChI=1S/C20H26N2O4S/c1-15(16-5-6-18-14-19(26-2)8-7-17(18)13-16)20(23)21-9-4-10-22(12-11-21)27(3,24)25/h5-8,13-15H,4,9-12H2,1-3H3/t15-/m0/s1. The summed E-state index contributed by atoms with van der Waals surface area (Å²) in [5, 5.41) is 2.13. The van der Waals surface area contributed by atoms with Gasteiger partial charge in [-0.25, -0.2) is 12.7 Å². The smallest absolute Gasteiger partial charge is 0.229 e. The number of benzene rings is 2. The third-order valence-corrected chi connectivity index (χ3v) is 6.48. The first-order valence-corrected chi connectivity index (χ1v) is 11.0. The molecule has 0 N–H and O–H groups in total. The third kappa shape index (κ3) is 4.42. The van der Waals surface area contributed by atoms with Crippen molar-refractivity contribution in [2.24, 2.45) is 0 Å². The third-order valence-electron chi connectivity index (χ3n) is 5.18. The van der Waals surface area contributed by atoms with Crippen molar-refractivity contribution in [1.82, 2.24) is 9.21 Å². The summed E-state index contributed by atoms with van der Waals surface area (Å²) >= 11 is 0. The van der Waals surface area contributed by atoms with Crippen LogP contribution in [0.2, 0.25) is 0 Å². The zero-order valence-electron chi connectivity index (χ0n) is 16.0. The van der Waals surface area contributed by atoms with Crippen molar-refractivity contribution in [1.29, 1.82) is 0 Å². The molecule has 6 nitrogen and oxygen atoms in total. The normalized spacial score (nSPS) is 17.5. The SMILES string of the molecule is COc1ccc2cc([C@H](C)C(=O)N3CCCN(S(C)(=O)=O)CC3)ccc2c1. The first-order chi connectivity index (χ1) is 12.8. The molecule has 0 saturated carbocycles. The van der Waals surface area contributed by atoms with Crippen LogP contribution in [0.3, 0.4) is 0 Å². The van der Waals surface area contributed by atoms with Gasteiger partial charge in [0.05, 0.1) is 19.3 Å². The minimum atomic E-state index is -3.22. The van der Waals surface area contributed by atoms with Crippen LogP contribution in [0.1, 0.15) is 24.8 Å². The predicted molar refractivity (Wildman–Crippen MR) is 107 cm³/mol. The summed E-state index contributed by atoms with van der Waals surface area (Å²) in [6.07, 6.45) is 1.88. The number of amides is 1. The van der Waals surface area contributed by atoms with Gasteiger partial charge in [-0.15, -0.1) is 0 Å². The number of sulfonamides is 1. The molecule has 3 rings (SSSR count). The molecule has 0 unspecified atom stereocenters. The molecule has 7 heteroatoms. The summed E-state index contributed by atoms with van der Waals surface area (Å²) in [6, 6.07) is 11.9. The Labute approximate surface area is 160 Å². The quantitative estimate of drug-likeness (QED) is 0.804. The van der Waals surface area contributed by atoms with Gasteiger partial charge >= 0.3 is 0 Å². The lowest BCUT2D eigenvalue weighted by Crippen LogP contribution is -2.38. The molecular weight excluding hydrogens is 364 g/mol. The van der Waals surface area contributed by atoms with E-state index in [0.29, 0.717) is 32.6 Å². The molecule has 2 aromatic rings. The summed E-state index contributed by atoms with van der Waals surface area (Å²) in [4.78, 5) is 14.8. The maximum atomic E-state index is 13.0. The Balaban J connectivity index is 1.76. The average Bonchev–Trinajstić information content (AvgIpc) is 2.92. The number of carbonyl (C=O) groups is 1. The van der Waals surface area contributed by atoms with E-state index < -0.39 is 10.0 Å². The van der Waals surface area contributed by atoms with Crippen LogP contribution in [0, 0.1) is 0 Å². The second-order valence-corrected chi connectivity index (χ2v) is 9.02. The summed E-state index contributed by atoms with van der Waals surface area (Å²) in [5.74, 6) is 0.568. The predicted octanol–water partition coefficient (Wildman–Crippen LogP) is 2.45. The second kappa shape index (κ2) is 7.86. The molecule has 1 aliphatic rings.